The Morgan fingerprint density at radius 2 is 1.95 bits per heavy atom. The lowest BCUT2D eigenvalue weighted by atomic mass is 10.1. The fourth-order valence-electron chi connectivity index (χ4n) is 1.89. The van der Waals surface area contributed by atoms with E-state index in [1.54, 1.807) is 18.2 Å². The van der Waals surface area contributed by atoms with Crippen molar-refractivity contribution in [3.8, 4) is 0 Å². The van der Waals surface area contributed by atoms with Crippen molar-refractivity contribution in [2.45, 2.75) is 32.7 Å². The van der Waals surface area contributed by atoms with Crippen LogP contribution in [0.3, 0.4) is 0 Å². The lowest BCUT2D eigenvalue weighted by Crippen LogP contribution is -2.08. The lowest BCUT2D eigenvalue weighted by Gasteiger charge is -2.08. The van der Waals surface area contributed by atoms with Gasteiger partial charge >= 0.3 is 0 Å². The smallest absolute Gasteiger partial charge is 0.168 e. The van der Waals surface area contributed by atoms with Gasteiger partial charge in [-0.1, -0.05) is 30.1 Å². The second kappa shape index (κ2) is 6.42. The van der Waals surface area contributed by atoms with E-state index in [9.17, 15) is 4.79 Å². The van der Waals surface area contributed by atoms with Gasteiger partial charge in [0.05, 0.1) is 12.1 Å². The fourth-order valence-corrected chi connectivity index (χ4v) is 2.41. The second-order valence-electron chi connectivity index (χ2n) is 4.80. The number of carbonyl (C=O) groups is 1. The SMILES string of the molecule is CCC(C)n1ccc(CC(=O)c2cc(Cl)cc(Cl)c2)n1. The Hall–Kier alpha value is -1.32. The number of nitrogens with zero attached hydrogens (tertiary/aromatic N) is 2. The number of rotatable bonds is 5. The Morgan fingerprint density at radius 1 is 1.30 bits per heavy atom. The molecule has 0 aliphatic heterocycles. The molecule has 1 aromatic carbocycles. The highest BCUT2D eigenvalue weighted by Gasteiger charge is 2.12. The Bertz CT molecular complexity index is 602. The summed E-state index contributed by atoms with van der Waals surface area (Å²) in [6.45, 7) is 4.19. The number of hydrogen-bond donors (Lipinski definition) is 0. The first kappa shape index (κ1) is 15.1. The molecule has 0 saturated heterocycles. The molecule has 0 aliphatic carbocycles. The summed E-state index contributed by atoms with van der Waals surface area (Å²) in [5.41, 5.74) is 1.27. The van der Waals surface area contributed by atoms with Crippen LogP contribution >= 0.6 is 23.2 Å². The summed E-state index contributed by atoms with van der Waals surface area (Å²) in [5.74, 6) is -0.0381. The predicted molar refractivity (Wildman–Crippen MR) is 81.7 cm³/mol. The standard InChI is InChI=1S/C15H16Cl2N2O/c1-3-10(2)19-5-4-14(18-19)9-15(20)11-6-12(16)8-13(17)7-11/h4-8,10H,3,9H2,1-2H3. The topological polar surface area (TPSA) is 34.9 Å². The van der Waals surface area contributed by atoms with Crippen LogP contribution in [-0.2, 0) is 6.42 Å². The largest absolute Gasteiger partial charge is 0.294 e. The third-order valence-electron chi connectivity index (χ3n) is 3.23. The van der Waals surface area contributed by atoms with Crippen LogP contribution in [0.2, 0.25) is 10.0 Å². The molecular weight excluding hydrogens is 295 g/mol. The van der Waals surface area contributed by atoms with E-state index in [2.05, 4.69) is 18.9 Å². The normalized spacial score (nSPS) is 12.4. The van der Waals surface area contributed by atoms with Crippen molar-refractivity contribution in [2.24, 2.45) is 0 Å². The molecule has 0 aliphatic rings. The molecule has 0 fully saturated rings. The van der Waals surface area contributed by atoms with Crippen LogP contribution in [0.4, 0.5) is 0 Å². The number of benzene rings is 1. The molecule has 2 aromatic rings. The van der Waals surface area contributed by atoms with Gasteiger partial charge < -0.3 is 0 Å². The highest BCUT2D eigenvalue weighted by atomic mass is 35.5. The monoisotopic (exact) mass is 310 g/mol. The molecule has 0 spiro atoms. The number of halogens is 2. The van der Waals surface area contributed by atoms with Gasteiger partial charge in [0, 0.05) is 27.8 Å². The molecule has 106 valence electrons. The van der Waals surface area contributed by atoms with E-state index in [1.807, 2.05) is 16.9 Å². The number of ketones is 1. The van der Waals surface area contributed by atoms with Crippen LogP contribution in [-0.4, -0.2) is 15.6 Å². The van der Waals surface area contributed by atoms with E-state index in [4.69, 9.17) is 23.2 Å². The minimum Gasteiger partial charge on any atom is -0.294 e. The molecule has 5 heteroatoms. The maximum atomic E-state index is 12.2. The Labute approximate surface area is 128 Å². The molecule has 0 radical (unpaired) electrons. The Kier molecular flexibility index (Phi) is 4.84. The van der Waals surface area contributed by atoms with E-state index in [-0.39, 0.29) is 12.2 Å². The van der Waals surface area contributed by atoms with Crippen molar-refractivity contribution in [3.63, 3.8) is 0 Å². The lowest BCUT2D eigenvalue weighted by molar-refractivity contribution is 0.0991. The van der Waals surface area contributed by atoms with Gasteiger partial charge in [-0.05, 0) is 37.6 Å². The molecule has 1 heterocycles. The second-order valence-corrected chi connectivity index (χ2v) is 5.68. The van der Waals surface area contributed by atoms with Crippen molar-refractivity contribution in [1.29, 1.82) is 0 Å². The average Bonchev–Trinajstić information content (AvgIpc) is 2.85. The number of carbonyl (C=O) groups excluding carboxylic acids is 1. The molecule has 0 bridgehead atoms. The van der Waals surface area contributed by atoms with Gasteiger partial charge in [0.2, 0.25) is 0 Å². The van der Waals surface area contributed by atoms with Crippen LogP contribution in [0.25, 0.3) is 0 Å². The van der Waals surface area contributed by atoms with E-state index in [0.717, 1.165) is 12.1 Å². The summed E-state index contributed by atoms with van der Waals surface area (Å²) in [4.78, 5) is 12.2. The molecule has 2 rings (SSSR count). The third-order valence-corrected chi connectivity index (χ3v) is 3.67. The van der Waals surface area contributed by atoms with Crippen molar-refractivity contribution in [3.05, 3.63) is 51.8 Å². The fraction of sp³-hybridized carbons (Fsp3) is 0.333. The number of aromatic nitrogens is 2. The van der Waals surface area contributed by atoms with E-state index >= 15 is 0 Å². The number of hydrogen-bond acceptors (Lipinski definition) is 2. The highest BCUT2D eigenvalue weighted by molar-refractivity contribution is 6.35. The van der Waals surface area contributed by atoms with E-state index < -0.39 is 0 Å². The highest BCUT2D eigenvalue weighted by Crippen LogP contribution is 2.20. The van der Waals surface area contributed by atoms with Crippen LogP contribution in [0, 0.1) is 0 Å². The zero-order valence-corrected chi connectivity index (χ0v) is 12.9. The van der Waals surface area contributed by atoms with Gasteiger partial charge in [-0.3, -0.25) is 9.48 Å². The van der Waals surface area contributed by atoms with Crippen molar-refractivity contribution in [1.82, 2.24) is 9.78 Å². The van der Waals surface area contributed by atoms with Crippen LogP contribution in [0.15, 0.2) is 30.5 Å². The average molecular weight is 311 g/mol. The van der Waals surface area contributed by atoms with E-state index in [0.29, 0.717) is 21.7 Å². The Morgan fingerprint density at radius 3 is 2.55 bits per heavy atom. The van der Waals surface area contributed by atoms with Gasteiger partial charge in [0.25, 0.3) is 0 Å². The summed E-state index contributed by atoms with van der Waals surface area (Å²) in [6, 6.07) is 7.07. The Balaban J connectivity index is 2.13. The van der Waals surface area contributed by atoms with Crippen molar-refractivity contribution in [2.75, 3.05) is 0 Å². The minimum atomic E-state index is -0.0381. The summed E-state index contributed by atoms with van der Waals surface area (Å²) in [5, 5.41) is 5.35. The zero-order valence-electron chi connectivity index (χ0n) is 11.4. The molecule has 0 saturated carbocycles. The first-order valence-corrected chi connectivity index (χ1v) is 7.28. The summed E-state index contributed by atoms with van der Waals surface area (Å²) >= 11 is 11.8. The molecular formula is C15H16Cl2N2O. The van der Waals surface area contributed by atoms with Crippen LogP contribution < -0.4 is 0 Å². The third kappa shape index (κ3) is 3.62. The first-order chi connectivity index (χ1) is 9.49. The molecule has 1 aromatic heterocycles. The van der Waals surface area contributed by atoms with Gasteiger partial charge in [-0.25, -0.2) is 0 Å². The van der Waals surface area contributed by atoms with Crippen molar-refractivity contribution >= 4 is 29.0 Å². The van der Waals surface area contributed by atoms with Crippen LogP contribution in [0.1, 0.15) is 42.4 Å². The van der Waals surface area contributed by atoms with Gasteiger partial charge in [0.15, 0.2) is 5.78 Å². The zero-order chi connectivity index (χ0) is 14.7. The minimum absolute atomic E-state index is 0.0381. The molecule has 0 N–H and O–H groups in total. The first-order valence-electron chi connectivity index (χ1n) is 6.53. The van der Waals surface area contributed by atoms with Crippen molar-refractivity contribution < 1.29 is 4.79 Å². The molecule has 0 amide bonds. The molecule has 1 atom stereocenters. The van der Waals surface area contributed by atoms with Gasteiger partial charge in [-0.2, -0.15) is 5.10 Å². The quantitative estimate of drug-likeness (QED) is 0.757. The summed E-state index contributed by atoms with van der Waals surface area (Å²) in [7, 11) is 0. The van der Waals surface area contributed by atoms with Gasteiger partial charge in [-0.15, -0.1) is 0 Å². The van der Waals surface area contributed by atoms with Gasteiger partial charge in [0.1, 0.15) is 0 Å². The maximum Gasteiger partial charge on any atom is 0.168 e. The molecule has 1 unspecified atom stereocenters. The predicted octanol–water partition coefficient (Wildman–Crippen LogP) is 4.59. The maximum absolute atomic E-state index is 12.2. The summed E-state index contributed by atoms with van der Waals surface area (Å²) < 4.78 is 1.88. The molecule has 3 nitrogen and oxygen atoms in total. The van der Waals surface area contributed by atoms with Crippen LogP contribution in [0.5, 0.6) is 0 Å². The molecule has 20 heavy (non-hydrogen) atoms. The summed E-state index contributed by atoms with van der Waals surface area (Å²) in [6.07, 6.45) is 3.15. The van der Waals surface area contributed by atoms with E-state index in [1.165, 1.54) is 0 Å². The number of Topliss-reactive ketones (excluding diaryl/α,β-unsaturated/α-hetero) is 1.